The van der Waals surface area contributed by atoms with Gasteiger partial charge >= 0.3 is 0 Å². The number of anilines is 2. The van der Waals surface area contributed by atoms with Crippen LogP contribution >= 0.6 is 11.3 Å². The molecule has 1 saturated heterocycles. The van der Waals surface area contributed by atoms with Crippen LogP contribution in [0, 0.1) is 0 Å². The van der Waals surface area contributed by atoms with Crippen molar-refractivity contribution in [2.24, 2.45) is 0 Å². The quantitative estimate of drug-likeness (QED) is 0.777. The van der Waals surface area contributed by atoms with Crippen LogP contribution in [-0.4, -0.2) is 21.5 Å². The van der Waals surface area contributed by atoms with Crippen LogP contribution in [0.15, 0.2) is 36.7 Å². The molecule has 4 rings (SSSR count). The van der Waals surface area contributed by atoms with Crippen molar-refractivity contribution in [1.29, 1.82) is 0 Å². The lowest BCUT2D eigenvalue weighted by atomic mass is 10.2. The van der Waals surface area contributed by atoms with Gasteiger partial charge in [-0.05, 0) is 31.5 Å². The zero-order valence-electron chi connectivity index (χ0n) is 11.4. The van der Waals surface area contributed by atoms with Crippen LogP contribution in [0.5, 0.6) is 0 Å². The van der Waals surface area contributed by atoms with Gasteiger partial charge in [-0.15, -0.1) is 0 Å². The van der Waals surface area contributed by atoms with E-state index >= 15 is 0 Å². The van der Waals surface area contributed by atoms with E-state index in [1.54, 1.807) is 17.5 Å². The predicted octanol–water partition coefficient (Wildman–Crippen LogP) is 3.25. The van der Waals surface area contributed by atoms with E-state index in [2.05, 4.69) is 31.7 Å². The zero-order chi connectivity index (χ0) is 14.1. The van der Waals surface area contributed by atoms with E-state index in [4.69, 9.17) is 0 Å². The molecule has 0 aliphatic carbocycles. The minimum atomic E-state index is 0.328. The molecule has 1 fully saturated rings. The molecule has 3 heterocycles. The third kappa shape index (κ3) is 2.59. The van der Waals surface area contributed by atoms with E-state index in [9.17, 15) is 0 Å². The Balaban J connectivity index is 1.60. The van der Waals surface area contributed by atoms with Crippen LogP contribution in [0.2, 0.25) is 0 Å². The number of thiazole rings is 1. The van der Waals surface area contributed by atoms with Crippen LogP contribution in [0.1, 0.15) is 24.6 Å². The molecule has 1 aromatic carbocycles. The average Bonchev–Trinajstić information content (AvgIpc) is 3.16. The van der Waals surface area contributed by atoms with Crippen molar-refractivity contribution >= 4 is 32.5 Å². The van der Waals surface area contributed by atoms with Crippen LogP contribution < -0.4 is 10.6 Å². The number of nitrogens with one attached hydrogen (secondary N) is 2. The molecule has 2 aromatic heterocycles. The van der Waals surface area contributed by atoms with Gasteiger partial charge in [-0.2, -0.15) is 0 Å². The number of fused-ring (bicyclic) bond motifs is 1. The second kappa shape index (κ2) is 5.38. The van der Waals surface area contributed by atoms with Crippen LogP contribution in [-0.2, 0) is 0 Å². The Morgan fingerprint density at radius 1 is 1.19 bits per heavy atom. The number of rotatable bonds is 3. The largest absolute Gasteiger partial charge is 0.315 e. The summed E-state index contributed by atoms with van der Waals surface area (Å²) in [6.45, 7) is 1.06. The molecule has 0 spiro atoms. The van der Waals surface area contributed by atoms with Gasteiger partial charge in [0.1, 0.15) is 0 Å². The smallest absolute Gasteiger partial charge is 0.189 e. The van der Waals surface area contributed by atoms with Gasteiger partial charge in [-0.25, -0.2) is 9.97 Å². The highest BCUT2D eigenvalue weighted by molar-refractivity contribution is 7.22. The number of aromatic nitrogens is 3. The van der Waals surface area contributed by atoms with Crippen LogP contribution in [0.3, 0.4) is 0 Å². The number of nitrogens with zero attached hydrogens (tertiary/aromatic N) is 3. The first-order valence-corrected chi connectivity index (χ1v) is 7.88. The van der Waals surface area contributed by atoms with E-state index in [0.717, 1.165) is 35.1 Å². The van der Waals surface area contributed by atoms with Gasteiger partial charge in [0.2, 0.25) is 0 Å². The number of hydrogen-bond acceptors (Lipinski definition) is 6. The summed E-state index contributed by atoms with van der Waals surface area (Å²) in [6.07, 6.45) is 5.90. The fourth-order valence-corrected chi connectivity index (χ4v) is 3.45. The van der Waals surface area contributed by atoms with Gasteiger partial charge in [0, 0.05) is 0 Å². The lowest BCUT2D eigenvalue weighted by Gasteiger charge is -2.10. The minimum absolute atomic E-state index is 0.328. The maximum atomic E-state index is 4.65. The molecule has 0 amide bonds. The first kappa shape index (κ1) is 12.7. The maximum absolute atomic E-state index is 4.65. The predicted molar refractivity (Wildman–Crippen MR) is 84.9 cm³/mol. The van der Waals surface area contributed by atoms with Crippen molar-refractivity contribution in [3.63, 3.8) is 0 Å². The first-order chi connectivity index (χ1) is 10.4. The lowest BCUT2D eigenvalue weighted by Crippen LogP contribution is -2.15. The first-order valence-electron chi connectivity index (χ1n) is 7.06. The molecule has 2 N–H and O–H groups in total. The SMILES string of the molecule is c1ccc2sc(Nc3cncc(C4CCCN4)n3)nc2c1. The summed E-state index contributed by atoms with van der Waals surface area (Å²) in [4.78, 5) is 13.5. The van der Waals surface area contributed by atoms with E-state index in [-0.39, 0.29) is 0 Å². The minimum Gasteiger partial charge on any atom is -0.315 e. The third-order valence-corrected chi connectivity index (χ3v) is 4.55. The van der Waals surface area contributed by atoms with Gasteiger partial charge in [0.25, 0.3) is 0 Å². The number of benzene rings is 1. The summed E-state index contributed by atoms with van der Waals surface area (Å²) in [7, 11) is 0. The summed E-state index contributed by atoms with van der Waals surface area (Å²) in [6, 6.07) is 8.44. The molecular weight excluding hydrogens is 282 g/mol. The van der Waals surface area contributed by atoms with E-state index in [0.29, 0.717) is 6.04 Å². The average molecular weight is 297 g/mol. The fraction of sp³-hybridized carbons (Fsp3) is 0.267. The molecule has 3 aromatic rings. The Labute approximate surface area is 126 Å². The zero-order valence-corrected chi connectivity index (χ0v) is 12.2. The van der Waals surface area contributed by atoms with Crippen molar-refractivity contribution in [3.05, 3.63) is 42.4 Å². The summed E-state index contributed by atoms with van der Waals surface area (Å²) in [5, 5.41) is 7.55. The van der Waals surface area contributed by atoms with Gasteiger partial charge in [0.05, 0.1) is 34.3 Å². The number of hydrogen-bond donors (Lipinski definition) is 2. The second-order valence-corrected chi connectivity index (χ2v) is 6.12. The standard InChI is InChI=1S/C15H15N5S/c1-2-6-13-11(4-1)19-15(21-13)20-14-9-16-8-12(18-14)10-5-3-7-17-10/h1-2,4,6,8-10,17H,3,5,7H2,(H,18,19,20). The Hall–Kier alpha value is -2.05. The molecule has 1 aliphatic rings. The molecule has 6 heteroatoms. The Kier molecular flexibility index (Phi) is 3.25. The van der Waals surface area contributed by atoms with Gasteiger partial charge in [-0.3, -0.25) is 4.98 Å². The summed E-state index contributed by atoms with van der Waals surface area (Å²) in [5.74, 6) is 0.750. The highest BCUT2D eigenvalue weighted by Crippen LogP contribution is 2.28. The molecule has 5 nitrogen and oxygen atoms in total. The van der Waals surface area contributed by atoms with Crippen LogP contribution in [0.4, 0.5) is 10.9 Å². The van der Waals surface area contributed by atoms with Crippen LogP contribution in [0.25, 0.3) is 10.2 Å². The maximum Gasteiger partial charge on any atom is 0.189 e. The summed E-state index contributed by atoms with van der Waals surface area (Å²) < 4.78 is 1.17. The molecule has 1 atom stereocenters. The van der Waals surface area contributed by atoms with Gasteiger partial charge < -0.3 is 10.6 Å². The molecule has 1 aliphatic heterocycles. The van der Waals surface area contributed by atoms with Gasteiger partial charge in [0.15, 0.2) is 10.9 Å². The molecular formula is C15H15N5S. The molecule has 106 valence electrons. The highest BCUT2D eigenvalue weighted by atomic mass is 32.1. The summed E-state index contributed by atoms with van der Waals surface area (Å²) in [5.41, 5.74) is 2.00. The molecule has 0 saturated carbocycles. The van der Waals surface area contributed by atoms with Crippen molar-refractivity contribution < 1.29 is 0 Å². The monoisotopic (exact) mass is 297 g/mol. The van der Waals surface area contributed by atoms with E-state index < -0.39 is 0 Å². The normalized spacial score (nSPS) is 18.2. The molecule has 0 radical (unpaired) electrons. The Morgan fingerprint density at radius 2 is 2.14 bits per heavy atom. The van der Waals surface area contributed by atoms with Crippen molar-refractivity contribution in [2.75, 3.05) is 11.9 Å². The van der Waals surface area contributed by atoms with Crippen molar-refractivity contribution in [2.45, 2.75) is 18.9 Å². The Morgan fingerprint density at radius 3 is 3.00 bits per heavy atom. The second-order valence-electron chi connectivity index (χ2n) is 5.09. The molecule has 0 bridgehead atoms. The molecule has 21 heavy (non-hydrogen) atoms. The summed E-state index contributed by atoms with van der Waals surface area (Å²) >= 11 is 1.62. The number of para-hydroxylation sites is 1. The fourth-order valence-electron chi connectivity index (χ4n) is 2.58. The Bertz CT molecular complexity index is 730. The van der Waals surface area contributed by atoms with Crippen molar-refractivity contribution in [3.8, 4) is 0 Å². The van der Waals surface area contributed by atoms with E-state index in [1.165, 1.54) is 11.1 Å². The molecule has 1 unspecified atom stereocenters. The third-order valence-electron chi connectivity index (χ3n) is 3.60. The van der Waals surface area contributed by atoms with Crippen molar-refractivity contribution in [1.82, 2.24) is 20.3 Å². The van der Waals surface area contributed by atoms with Gasteiger partial charge in [-0.1, -0.05) is 23.5 Å². The lowest BCUT2D eigenvalue weighted by molar-refractivity contribution is 0.625. The van der Waals surface area contributed by atoms with E-state index in [1.807, 2.05) is 24.4 Å². The highest BCUT2D eigenvalue weighted by Gasteiger charge is 2.18. The topological polar surface area (TPSA) is 62.7 Å².